The number of carbonyl (C=O) groups is 1. The molecule has 3 aromatic carbocycles. The zero-order valence-corrected chi connectivity index (χ0v) is 27.7. The molecule has 8 heteroatoms. The molecule has 1 aliphatic carbocycles. The third-order valence-electron chi connectivity index (χ3n) is 8.34. The third-order valence-corrected chi connectivity index (χ3v) is 10.3. The van der Waals surface area contributed by atoms with Crippen molar-refractivity contribution < 1.29 is 4.79 Å². The van der Waals surface area contributed by atoms with Crippen LogP contribution in [0.1, 0.15) is 58.7 Å². The van der Waals surface area contributed by atoms with E-state index < -0.39 is 0 Å². The Balaban J connectivity index is 1.30. The summed E-state index contributed by atoms with van der Waals surface area (Å²) in [4.78, 5) is 21.6. The van der Waals surface area contributed by atoms with Crippen LogP contribution in [0.2, 0.25) is 5.15 Å². The lowest BCUT2D eigenvalue weighted by Gasteiger charge is -2.29. The van der Waals surface area contributed by atoms with Crippen LogP contribution >= 0.6 is 22.9 Å². The van der Waals surface area contributed by atoms with Gasteiger partial charge in [-0.1, -0.05) is 110 Å². The minimum atomic E-state index is -0.291. The van der Waals surface area contributed by atoms with Gasteiger partial charge in [-0.3, -0.25) is 4.79 Å². The van der Waals surface area contributed by atoms with Gasteiger partial charge in [0.2, 0.25) is 0 Å². The number of thiophene rings is 1. The highest BCUT2D eigenvalue weighted by Crippen LogP contribution is 2.50. The molecule has 7 rings (SSSR count). The molecule has 1 aliphatic heterocycles. The number of allylic oxidation sites excluding steroid dienone is 2. The standard InChI is InChI=1S/C39H30ClN5OS/c1-25-30(35(40)45(43-25)29-17-11-6-12-18-29)20-19-27-21-31-32(24-41)38(47-34(31)39(2,3)23-27)44-36(28-15-9-5-10-16-28)42-33(37(44)46)22-26-13-7-4-8-14-26/h4-22H,23H2,1-3H3/b20-19-,33-22+. The molecule has 230 valence electrons. The Hall–Kier alpha value is -5.29. The van der Waals surface area contributed by atoms with Crippen LogP contribution in [0.3, 0.4) is 0 Å². The molecule has 6 nitrogen and oxygen atoms in total. The highest BCUT2D eigenvalue weighted by molar-refractivity contribution is 7.17. The van der Waals surface area contributed by atoms with Crippen molar-refractivity contribution in [3.05, 3.63) is 152 Å². The molecule has 0 saturated carbocycles. The highest BCUT2D eigenvalue weighted by Gasteiger charge is 2.40. The van der Waals surface area contributed by atoms with E-state index >= 15 is 0 Å². The van der Waals surface area contributed by atoms with Crippen molar-refractivity contribution in [2.45, 2.75) is 32.6 Å². The number of aryl methyl sites for hydroxylation is 1. The summed E-state index contributed by atoms with van der Waals surface area (Å²) in [6, 6.07) is 31.6. The van der Waals surface area contributed by atoms with Crippen LogP contribution in [0.25, 0.3) is 23.9 Å². The smallest absolute Gasteiger partial charge is 0.266 e. The Morgan fingerprint density at radius 3 is 2.30 bits per heavy atom. The van der Waals surface area contributed by atoms with E-state index in [1.165, 1.54) is 11.3 Å². The first-order chi connectivity index (χ1) is 22.7. The number of hydrogen-bond acceptors (Lipinski definition) is 5. The van der Waals surface area contributed by atoms with Gasteiger partial charge >= 0.3 is 0 Å². The Labute approximate surface area is 282 Å². The number of para-hydroxylation sites is 1. The van der Waals surface area contributed by atoms with Crippen molar-refractivity contribution in [1.29, 1.82) is 5.26 Å². The molecule has 3 heterocycles. The second kappa shape index (κ2) is 12.1. The number of amides is 1. The number of rotatable bonds is 6. The van der Waals surface area contributed by atoms with Gasteiger partial charge in [-0.15, -0.1) is 11.3 Å². The van der Waals surface area contributed by atoms with Crippen LogP contribution in [0, 0.1) is 18.3 Å². The van der Waals surface area contributed by atoms with Crippen molar-refractivity contribution in [2.24, 2.45) is 4.99 Å². The van der Waals surface area contributed by atoms with Gasteiger partial charge in [0.1, 0.15) is 27.8 Å². The molecule has 0 bridgehead atoms. The van der Waals surface area contributed by atoms with Gasteiger partial charge < -0.3 is 0 Å². The molecule has 2 aliphatic rings. The lowest BCUT2D eigenvalue weighted by Crippen LogP contribution is -2.32. The average molecular weight is 652 g/mol. The number of fused-ring (bicyclic) bond motifs is 1. The maximum Gasteiger partial charge on any atom is 0.283 e. The molecule has 5 aromatic rings. The Morgan fingerprint density at radius 2 is 1.62 bits per heavy atom. The second-order valence-corrected chi connectivity index (χ2v) is 13.5. The van der Waals surface area contributed by atoms with Crippen LogP contribution in [0.15, 0.2) is 113 Å². The fourth-order valence-electron chi connectivity index (χ4n) is 6.10. The first-order valence-corrected chi connectivity index (χ1v) is 16.5. The van der Waals surface area contributed by atoms with Crippen LogP contribution < -0.4 is 4.90 Å². The SMILES string of the molecule is Cc1nn(-c2ccccc2)c(Cl)c1/C=C\C1=Cc2c(sc(N3C(=O)/C(=C\c4ccccc4)N=C3c3ccccc3)c2C#N)C(C)(C)C1. The summed E-state index contributed by atoms with van der Waals surface area (Å²) < 4.78 is 1.74. The lowest BCUT2D eigenvalue weighted by molar-refractivity contribution is -0.113. The number of halogens is 1. The van der Waals surface area contributed by atoms with E-state index in [1.807, 2.05) is 104 Å². The fraction of sp³-hybridized carbons (Fsp3) is 0.128. The summed E-state index contributed by atoms with van der Waals surface area (Å²) in [5.41, 5.74) is 6.63. The maximum atomic E-state index is 14.1. The van der Waals surface area contributed by atoms with Gasteiger partial charge in [0, 0.05) is 27.0 Å². The Morgan fingerprint density at radius 1 is 0.957 bits per heavy atom. The predicted molar refractivity (Wildman–Crippen MR) is 192 cm³/mol. The largest absolute Gasteiger partial charge is 0.283 e. The number of aliphatic imine (C=N–C) groups is 1. The summed E-state index contributed by atoms with van der Waals surface area (Å²) in [6.07, 6.45) is 8.68. The van der Waals surface area contributed by atoms with Crippen LogP contribution in [-0.2, 0) is 10.2 Å². The minimum Gasteiger partial charge on any atom is -0.266 e. The van der Waals surface area contributed by atoms with E-state index in [0.29, 0.717) is 27.3 Å². The van der Waals surface area contributed by atoms with Crippen LogP contribution in [0.4, 0.5) is 5.00 Å². The molecule has 0 atom stereocenters. The molecule has 0 radical (unpaired) electrons. The number of benzene rings is 3. The van der Waals surface area contributed by atoms with Gasteiger partial charge in [0.25, 0.3) is 5.91 Å². The highest BCUT2D eigenvalue weighted by atomic mass is 35.5. The molecule has 0 saturated heterocycles. The zero-order chi connectivity index (χ0) is 32.7. The number of aromatic nitrogens is 2. The number of nitrogens with zero attached hydrogens (tertiary/aromatic N) is 5. The number of nitriles is 1. The molecule has 47 heavy (non-hydrogen) atoms. The second-order valence-electron chi connectivity index (χ2n) is 12.2. The van der Waals surface area contributed by atoms with Crippen molar-refractivity contribution in [2.75, 3.05) is 4.90 Å². The fourth-order valence-corrected chi connectivity index (χ4v) is 7.76. The van der Waals surface area contributed by atoms with Gasteiger partial charge in [-0.05, 0) is 54.8 Å². The molecule has 1 amide bonds. The van der Waals surface area contributed by atoms with Gasteiger partial charge in [-0.2, -0.15) is 10.4 Å². The van der Waals surface area contributed by atoms with E-state index in [9.17, 15) is 10.1 Å². The third kappa shape index (κ3) is 5.56. The molecule has 0 N–H and O–H groups in total. The van der Waals surface area contributed by atoms with Crippen LogP contribution in [0.5, 0.6) is 0 Å². The molecule has 2 aromatic heterocycles. The normalized spacial score (nSPS) is 16.4. The molecule has 0 spiro atoms. The lowest BCUT2D eigenvalue weighted by atomic mass is 9.77. The summed E-state index contributed by atoms with van der Waals surface area (Å²) >= 11 is 8.31. The minimum absolute atomic E-state index is 0.259. The average Bonchev–Trinajstić information content (AvgIpc) is 3.71. The van der Waals surface area contributed by atoms with E-state index in [-0.39, 0.29) is 11.3 Å². The summed E-state index contributed by atoms with van der Waals surface area (Å²) in [5, 5.41) is 16.4. The summed E-state index contributed by atoms with van der Waals surface area (Å²) in [7, 11) is 0. The quantitative estimate of drug-likeness (QED) is 0.172. The summed E-state index contributed by atoms with van der Waals surface area (Å²) in [6.45, 7) is 6.30. The Bertz CT molecular complexity index is 2180. The first kappa shape index (κ1) is 30.4. The number of carbonyl (C=O) groups excluding carboxylic acids is 1. The molecular weight excluding hydrogens is 622 g/mol. The van der Waals surface area contributed by atoms with Gasteiger partial charge in [-0.25, -0.2) is 14.6 Å². The monoisotopic (exact) mass is 651 g/mol. The maximum absolute atomic E-state index is 14.1. The van der Waals surface area contributed by atoms with Crippen molar-refractivity contribution in [3.63, 3.8) is 0 Å². The predicted octanol–water partition coefficient (Wildman–Crippen LogP) is 9.38. The topological polar surface area (TPSA) is 74.3 Å². The van der Waals surface area contributed by atoms with E-state index in [1.54, 1.807) is 15.7 Å². The van der Waals surface area contributed by atoms with E-state index in [0.717, 1.165) is 50.5 Å². The zero-order valence-electron chi connectivity index (χ0n) is 26.1. The Kier molecular flexibility index (Phi) is 7.85. The van der Waals surface area contributed by atoms with Gasteiger partial charge in [0.05, 0.1) is 16.9 Å². The van der Waals surface area contributed by atoms with Crippen molar-refractivity contribution >= 4 is 57.9 Å². The molecule has 0 unspecified atom stereocenters. The summed E-state index contributed by atoms with van der Waals surface area (Å²) in [5.74, 6) is 0.251. The van der Waals surface area contributed by atoms with Gasteiger partial charge in [0.15, 0.2) is 0 Å². The molecular formula is C39H30ClN5OS. The first-order valence-electron chi connectivity index (χ1n) is 15.3. The molecule has 0 fully saturated rings. The van der Waals surface area contributed by atoms with Crippen molar-refractivity contribution in [3.8, 4) is 11.8 Å². The number of hydrogen-bond donors (Lipinski definition) is 0. The van der Waals surface area contributed by atoms with Crippen molar-refractivity contribution in [1.82, 2.24) is 9.78 Å². The van der Waals surface area contributed by atoms with Crippen LogP contribution in [-0.4, -0.2) is 21.5 Å². The number of anilines is 1. The number of amidine groups is 1. The van der Waals surface area contributed by atoms with E-state index in [4.69, 9.17) is 16.6 Å². The van der Waals surface area contributed by atoms with E-state index in [2.05, 4.69) is 37.2 Å².